The predicted molar refractivity (Wildman–Crippen MR) is 167 cm³/mol. The van der Waals surface area contributed by atoms with Crippen LogP contribution in [0.3, 0.4) is 0 Å². The number of benzene rings is 2. The molecule has 1 aliphatic carbocycles. The van der Waals surface area contributed by atoms with E-state index in [4.69, 9.17) is 14.2 Å². The molecule has 1 atom stereocenters. The van der Waals surface area contributed by atoms with Crippen LogP contribution in [0.2, 0.25) is 0 Å². The number of anilines is 1. The van der Waals surface area contributed by atoms with Crippen molar-refractivity contribution < 1.29 is 37.4 Å². The zero-order chi connectivity index (χ0) is 33.1. The van der Waals surface area contributed by atoms with Gasteiger partial charge in [-0.05, 0) is 95.2 Å². The Morgan fingerprint density at radius 1 is 0.978 bits per heavy atom. The molecule has 0 radical (unpaired) electrons. The number of amides is 2. The Morgan fingerprint density at radius 2 is 1.64 bits per heavy atom. The summed E-state index contributed by atoms with van der Waals surface area (Å²) >= 11 is 0. The van der Waals surface area contributed by atoms with Crippen LogP contribution in [0, 0.1) is 23.5 Å². The molecule has 1 fully saturated rings. The Bertz CT molecular complexity index is 1390. The molecule has 0 saturated heterocycles. The van der Waals surface area contributed by atoms with Crippen LogP contribution in [0.15, 0.2) is 30.3 Å². The lowest BCUT2D eigenvalue weighted by molar-refractivity contribution is -0.159. The fraction of sp³-hybridized carbons (Fsp3) is 0.571. The van der Waals surface area contributed by atoms with Crippen LogP contribution in [-0.2, 0) is 35.7 Å². The summed E-state index contributed by atoms with van der Waals surface area (Å²) < 4.78 is 47.1. The number of esters is 1. The number of ether oxygens (including phenoxy) is 3. The zero-order valence-corrected chi connectivity index (χ0v) is 27.4. The van der Waals surface area contributed by atoms with Gasteiger partial charge in [-0.2, -0.15) is 0 Å². The van der Waals surface area contributed by atoms with E-state index in [0.717, 1.165) is 17.7 Å². The number of carbonyl (C=O) groups excluding carboxylic acids is 3. The molecule has 0 bridgehead atoms. The Hall–Kier alpha value is -3.53. The molecule has 8 nitrogen and oxygen atoms in total. The van der Waals surface area contributed by atoms with Crippen LogP contribution in [0.5, 0.6) is 5.75 Å². The summed E-state index contributed by atoms with van der Waals surface area (Å²) in [6, 6.07) is 6.59. The van der Waals surface area contributed by atoms with E-state index in [1.165, 1.54) is 0 Å². The molecular weight excluding hydrogens is 582 g/mol. The highest BCUT2D eigenvalue weighted by Gasteiger charge is 2.43. The molecule has 0 spiro atoms. The molecule has 1 saturated carbocycles. The van der Waals surface area contributed by atoms with Gasteiger partial charge in [0, 0.05) is 42.2 Å². The number of halogens is 2. The Labute approximate surface area is 264 Å². The summed E-state index contributed by atoms with van der Waals surface area (Å²) in [6.07, 6.45) is 1.80. The van der Waals surface area contributed by atoms with Crippen LogP contribution < -0.4 is 10.1 Å². The van der Waals surface area contributed by atoms with Crippen molar-refractivity contribution in [1.29, 1.82) is 0 Å². The van der Waals surface area contributed by atoms with Crippen molar-refractivity contribution >= 4 is 23.5 Å². The first kappa shape index (κ1) is 34.3. The number of hydrogen-bond acceptors (Lipinski definition) is 6. The van der Waals surface area contributed by atoms with Gasteiger partial charge in [0.25, 0.3) is 5.91 Å². The van der Waals surface area contributed by atoms with Gasteiger partial charge in [0.05, 0.1) is 13.2 Å². The first-order valence-electron chi connectivity index (χ1n) is 15.8. The maximum atomic E-state index is 15.3. The second-order valence-electron chi connectivity index (χ2n) is 13.6. The van der Waals surface area contributed by atoms with Crippen LogP contribution in [-0.4, -0.2) is 54.7 Å². The third kappa shape index (κ3) is 8.20. The monoisotopic (exact) mass is 628 g/mol. The van der Waals surface area contributed by atoms with Crippen LogP contribution in [0.25, 0.3) is 0 Å². The van der Waals surface area contributed by atoms with Crippen LogP contribution in [0.4, 0.5) is 14.5 Å². The van der Waals surface area contributed by atoms with E-state index in [0.29, 0.717) is 50.3 Å². The number of hydrogen-bond donors (Lipinski definition) is 1. The minimum absolute atomic E-state index is 0.0309. The van der Waals surface area contributed by atoms with Gasteiger partial charge >= 0.3 is 5.97 Å². The van der Waals surface area contributed by atoms with Gasteiger partial charge < -0.3 is 24.4 Å². The van der Waals surface area contributed by atoms with E-state index < -0.39 is 34.6 Å². The highest BCUT2D eigenvalue weighted by atomic mass is 19.1. The summed E-state index contributed by atoms with van der Waals surface area (Å²) in [6.45, 7) is 13.8. The average molecular weight is 629 g/mol. The Morgan fingerprint density at radius 3 is 2.24 bits per heavy atom. The topological polar surface area (TPSA) is 94.2 Å². The summed E-state index contributed by atoms with van der Waals surface area (Å²) in [5, 5.41) is 2.68. The second-order valence-corrected chi connectivity index (χ2v) is 13.6. The molecule has 10 heteroatoms. The fourth-order valence-electron chi connectivity index (χ4n) is 6.27. The zero-order valence-electron chi connectivity index (χ0n) is 27.4. The van der Waals surface area contributed by atoms with Crippen molar-refractivity contribution in [2.75, 3.05) is 31.7 Å². The largest absolute Gasteiger partial charge is 0.494 e. The van der Waals surface area contributed by atoms with Crippen LogP contribution in [0.1, 0.15) is 90.5 Å². The number of nitrogens with one attached hydrogen (secondary N) is 1. The van der Waals surface area contributed by atoms with Crippen molar-refractivity contribution in [3.63, 3.8) is 0 Å². The van der Waals surface area contributed by atoms with E-state index in [2.05, 4.69) is 5.32 Å². The van der Waals surface area contributed by atoms with Crippen molar-refractivity contribution in [2.45, 2.75) is 91.2 Å². The van der Waals surface area contributed by atoms with Crippen LogP contribution >= 0.6 is 0 Å². The third-order valence-corrected chi connectivity index (χ3v) is 8.30. The van der Waals surface area contributed by atoms with E-state index in [1.54, 1.807) is 30.9 Å². The summed E-state index contributed by atoms with van der Waals surface area (Å²) in [4.78, 5) is 41.6. The highest BCUT2D eigenvalue weighted by molar-refractivity contribution is 5.99. The maximum absolute atomic E-state index is 15.3. The standard InChI is InChI=1S/C35H46F2N2O6/c1-8-43-20-35(6,7)30-27(36)18-24(19-28(30)37)38-32(41)31-26-11-10-25(44-9-2)17-22(26)12-13-39(31)33(42)23-14-21(15-23)16-29(40)45-34(3,4)5/h10-11,17-19,21,23,31H,8-9,12-16,20H2,1-7H3,(H,38,41)/t21?,23?,31-/m1/s1. The van der Waals surface area contributed by atoms with Gasteiger partial charge in [-0.3, -0.25) is 14.4 Å². The lowest BCUT2D eigenvalue weighted by atomic mass is 9.72. The van der Waals surface area contributed by atoms with Crippen molar-refractivity contribution in [3.05, 3.63) is 58.7 Å². The van der Waals surface area contributed by atoms with Crippen molar-refractivity contribution in [1.82, 2.24) is 4.90 Å². The van der Waals surface area contributed by atoms with Crippen molar-refractivity contribution in [3.8, 4) is 5.75 Å². The summed E-state index contributed by atoms with van der Waals surface area (Å²) in [5.41, 5.74) is -0.171. The SMILES string of the molecule is CCOCC(C)(C)c1c(F)cc(NC(=O)[C@H]2c3ccc(OCC)cc3CCN2C(=O)C2CC(CC(=O)OC(C)(C)C)C2)cc1F. The highest BCUT2D eigenvalue weighted by Crippen LogP contribution is 2.41. The second kappa shape index (κ2) is 13.8. The minimum atomic E-state index is -1.01. The van der Waals surface area contributed by atoms with Gasteiger partial charge in [-0.1, -0.05) is 19.9 Å². The fourth-order valence-corrected chi connectivity index (χ4v) is 6.27. The molecule has 1 N–H and O–H groups in total. The Balaban J connectivity index is 1.56. The number of nitrogens with zero attached hydrogens (tertiary/aromatic N) is 1. The van der Waals surface area contributed by atoms with E-state index in [-0.39, 0.29) is 48.0 Å². The van der Waals surface area contributed by atoms with E-state index >= 15 is 8.78 Å². The molecule has 2 amide bonds. The molecule has 2 aromatic rings. The maximum Gasteiger partial charge on any atom is 0.306 e. The van der Waals surface area contributed by atoms with Gasteiger partial charge in [0.1, 0.15) is 29.0 Å². The quantitative estimate of drug-likeness (QED) is 0.286. The van der Waals surface area contributed by atoms with E-state index in [9.17, 15) is 14.4 Å². The van der Waals surface area contributed by atoms with Gasteiger partial charge in [-0.15, -0.1) is 0 Å². The number of carbonyl (C=O) groups is 3. The first-order valence-corrected chi connectivity index (χ1v) is 15.8. The molecule has 45 heavy (non-hydrogen) atoms. The molecule has 0 unspecified atom stereocenters. The molecule has 2 aliphatic rings. The smallest absolute Gasteiger partial charge is 0.306 e. The average Bonchev–Trinajstić information content (AvgIpc) is 2.91. The molecule has 0 aromatic heterocycles. The van der Waals surface area contributed by atoms with Crippen molar-refractivity contribution in [2.24, 2.45) is 11.8 Å². The molecule has 4 rings (SSSR count). The van der Waals surface area contributed by atoms with Gasteiger partial charge in [0.15, 0.2) is 0 Å². The normalized spacial score (nSPS) is 19.8. The number of fused-ring (bicyclic) bond motifs is 1. The van der Waals surface area contributed by atoms with E-state index in [1.807, 2.05) is 40.7 Å². The molecule has 1 heterocycles. The first-order chi connectivity index (χ1) is 21.1. The lowest BCUT2D eigenvalue weighted by Crippen LogP contribution is -2.50. The Kier molecular flexibility index (Phi) is 10.6. The number of rotatable bonds is 11. The summed E-state index contributed by atoms with van der Waals surface area (Å²) in [7, 11) is 0. The predicted octanol–water partition coefficient (Wildman–Crippen LogP) is 6.50. The van der Waals surface area contributed by atoms with Gasteiger partial charge in [0.2, 0.25) is 5.91 Å². The molecule has 2 aromatic carbocycles. The molecular formula is C35H46F2N2O6. The summed E-state index contributed by atoms with van der Waals surface area (Å²) in [5.74, 6) is -2.27. The minimum Gasteiger partial charge on any atom is -0.494 e. The lowest BCUT2D eigenvalue weighted by Gasteiger charge is -2.42. The third-order valence-electron chi connectivity index (χ3n) is 8.30. The van der Waals surface area contributed by atoms with Gasteiger partial charge in [-0.25, -0.2) is 8.78 Å². The molecule has 246 valence electrons. The molecule has 1 aliphatic heterocycles.